The zero-order valence-electron chi connectivity index (χ0n) is 19.4. The molecule has 0 radical (unpaired) electrons. The fourth-order valence-electron chi connectivity index (χ4n) is 3.76. The maximum atomic E-state index is 13.5. The number of rotatable bonds is 6. The standard InChI is InChI=1S/C25H23F3N2O5S/c1-16-6-11-21-22(12-16)35-23(15-30(21)36(32,33)20-9-7-19(34-2)8-10-20)24(31)29-14-17-4-3-5-18(13-17)25(26,27)28/h3-13,23H,14-15H2,1-2H3,(H,29,31). The number of nitrogens with zero attached hydrogens (tertiary/aromatic N) is 1. The van der Waals surface area contributed by atoms with Crippen LogP contribution in [0.2, 0.25) is 0 Å². The Kier molecular flexibility index (Phi) is 6.85. The highest BCUT2D eigenvalue weighted by atomic mass is 32.2. The fourth-order valence-corrected chi connectivity index (χ4v) is 5.24. The van der Waals surface area contributed by atoms with Gasteiger partial charge in [0.15, 0.2) is 6.10 Å². The molecule has 0 aromatic heterocycles. The normalized spacial score (nSPS) is 15.6. The molecule has 11 heteroatoms. The Morgan fingerprint density at radius 1 is 1.11 bits per heavy atom. The zero-order chi connectivity index (χ0) is 26.1. The molecule has 0 saturated carbocycles. The van der Waals surface area contributed by atoms with Crippen LogP contribution >= 0.6 is 0 Å². The molecule has 0 bridgehead atoms. The van der Waals surface area contributed by atoms with Crippen molar-refractivity contribution < 1.29 is 35.9 Å². The van der Waals surface area contributed by atoms with E-state index in [4.69, 9.17) is 9.47 Å². The van der Waals surface area contributed by atoms with Crippen molar-refractivity contribution >= 4 is 21.6 Å². The zero-order valence-corrected chi connectivity index (χ0v) is 20.2. The Bertz CT molecular complexity index is 1380. The summed E-state index contributed by atoms with van der Waals surface area (Å²) in [5.41, 5.74) is 0.483. The van der Waals surface area contributed by atoms with Gasteiger partial charge in [0.1, 0.15) is 11.5 Å². The van der Waals surface area contributed by atoms with E-state index in [2.05, 4.69) is 5.32 Å². The van der Waals surface area contributed by atoms with Gasteiger partial charge in [-0.05, 0) is 66.6 Å². The maximum Gasteiger partial charge on any atom is 0.416 e. The lowest BCUT2D eigenvalue weighted by atomic mass is 10.1. The van der Waals surface area contributed by atoms with E-state index < -0.39 is 33.8 Å². The molecule has 0 fully saturated rings. The van der Waals surface area contributed by atoms with Gasteiger partial charge in [0.25, 0.3) is 15.9 Å². The molecule has 3 aromatic carbocycles. The number of carbonyl (C=O) groups excluding carboxylic acids is 1. The topological polar surface area (TPSA) is 84.9 Å². The van der Waals surface area contributed by atoms with Gasteiger partial charge in [-0.2, -0.15) is 13.2 Å². The van der Waals surface area contributed by atoms with E-state index in [1.54, 1.807) is 25.1 Å². The van der Waals surface area contributed by atoms with Crippen molar-refractivity contribution in [1.29, 1.82) is 0 Å². The van der Waals surface area contributed by atoms with Gasteiger partial charge in [-0.15, -0.1) is 0 Å². The van der Waals surface area contributed by atoms with Gasteiger partial charge >= 0.3 is 6.18 Å². The summed E-state index contributed by atoms with van der Waals surface area (Å²) in [6.07, 6.45) is -5.73. The Hall–Kier alpha value is -3.73. The molecule has 1 atom stereocenters. The van der Waals surface area contributed by atoms with Crippen molar-refractivity contribution in [1.82, 2.24) is 5.32 Å². The highest BCUT2D eigenvalue weighted by Gasteiger charge is 2.37. The summed E-state index contributed by atoms with van der Waals surface area (Å²) in [7, 11) is -2.61. The molecule has 0 spiro atoms. The number of benzene rings is 3. The Balaban J connectivity index is 1.59. The largest absolute Gasteiger partial charge is 0.497 e. The van der Waals surface area contributed by atoms with Gasteiger partial charge in [0.05, 0.1) is 29.8 Å². The van der Waals surface area contributed by atoms with Crippen LogP contribution in [0.25, 0.3) is 0 Å². The molecule has 0 saturated heterocycles. The Morgan fingerprint density at radius 3 is 2.50 bits per heavy atom. The van der Waals surface area contributed by atoms with Crippen molar-refractivity contribution in [3.63, 3.8) is 0 Å². The van der Waals surface area contributed by atoms with Crippen molar-refractivity contribution in [3.05, 3.63) is 83.4 Å². The number of carbonyl (C=O) groups is 1. The number of nitrogens with one attached hydrogen (secondary N) is 1. The van der Waals surface area contributed by atoms with Gasteiger partial charge < -0.3 is 14.8 Å². The minimum Gasteiger partial charge on any atom is -0.497 e. The molecule has 4 rings (SSSR count). The van der Waals surface area contributed by atoms with E-state index in [1.165, 1.54) is 43.5 Å². The Labute approximate surface area is 206 Å². The molecule has 190 valence electrons. The second-order valence-electron chi connectivity index (χ2n) is 8.21. The monoisotopic (exact) mass is 520 g/mol. The van der Waals surface area contributed by atoms with E-state index >= 15 is 0 Å². The van der Waals surface area contributed by atoms with Gasteiger partial charge in [-0.25, -0.2) is 8.42 Å². The van der Waals surface area contributed by atoms with Crippen molar-refractivity contribution in [3.8, 4) is 11.5 Å². The summed E-state index contributed by atoms with van der Waals surface area (Å²) in [5, 5.41) is 2.55. The molecule has 1 unspecified atom stereocenters. The van der Waals surface area contributed by atoms with Crippen LogP contribution in [-0.4, -0.2) is 34.1 Å². The average molecular weight is 521 g/mol. The van der Waals surface area contributed by atoms with E-state index in [9.17, 15) is 26.4 Å². The summed E-state index contributed by atoms with van der Waals surface area (Å²) < 4.78 is 78.0. The molecule has 3 aromatic rings. The lowest BCUT2D eigenvalue weighted by Crippen LogP contribution is -2.50. The predicted octanol–water partition coefficient (Wildman–Crippen LogP) is 4.30. The summed E-state index contributed by atoms with van der Waals surface area (Å²) in [6, 6.07) is 15.4. The quantitative estimate of drug-likeness (QED) is 0.524. The number of amides is 1. The van der Waals surface area contributed by atoms with Crippen LogP contribution in [0, 0.1) is 6.92 Å². The molecule has 1 amide bonds. The second kappa shape index (κ2) is 9.73. The third kappa shape index (κ3) is 5.25. The van der Waals surface area contributed by atoms with Gasteiger partial charge in [-0.1, -0.05) is 18.2 Å². The third-order valence-electron chi connectivity index (χ3n) is 5.65. The van der Waals surface area contributed by atoms with Gasteiger partial charge in [0.2, 0.25) is 0 Å². The predicted molar refractivity (Wildman–Crippen MR) is 126 cm³/mol. The maximum absolute atomic E-state index is 13.5. The number of hydrogen-bond acceptors (Lipinski definition) is 5. The van der Waals surface area contributed by atoms with E-state index in [0.29, 0.717) is 5.75 Å². The highest BCUT2D eigenvalue weighted by molar-refractivity contribution is 7.92. The molecule has 1 heterocycles. The molecular formula is C25H23F3N2O5S. The molecular weight excluding hydrogens is 497 g/mol. The molecule has 1 aliphatic heterocycles. The number of halogens is 3. The molecule has 7 nitrogen and oxygen atoms in total. The fraction of sp³-hybridized carbons (Fsp3) is 0.240. The summed E-state index contributed by atoms with van der Waals surface area (Å²) in [4.78, 5) is 12.9. The lowest BCUT2D eigenvalue weighted by Gasteiger charge is -2.35. The number of hydrogen-bond donors (Lipinski definition) is 1. The minimum atomic E-state index is -4.51. The van der Waals surface area contributed by atoms with Crippen molar-refractivity contribution in [2.24, 2.45) is 0 Å². The summed E-state index contributed by atoms with van der Waals surface area (Å²) >= 11 is 0. The van der Waals surface area contributed by atoms with Crippen LogP contribution in [0.3, 0.4) is 0 Å². The van der Waals surface area contributed by atoms with E-state index in [0.717, 1.165) is 22.0 Å². The smallest absolute Gasteiger partial charge is 0.416 e. The second-order valence-corrected chi connectivity index (χ2v) is 10.1. The molecule has 1 N–H and O–H groups in total. The number of anilines is 1. The number of fused-ring (bicyclic) bond motifs is 1. The first-order valence-electron chi connectivity index (χ1n) is 10.9. The van der Waals surface area contributed by atoms with Crippen LogP contribution in [0.4, 0.5) is 18.9 Å². The van der Waals surface area contributed by atoms with E-state index in [-0.39, 0.29) is 35.0 Å². The molecule has 36 heavy (non-hydrogen) atoms. The number of aryl methyl sites for hydroxylation is 1. The number of ether oxygens (including phenoxy) is 2. The third-order valence-corrected chi connectivity index (χ3v) is 7.44. The number of methoxy groups -OCH3 is 1. The molecule has 1 aliphatic rings. The SMILES string of the molecule is COc1ccc(S(=O)(=O)N2CC(C(=O)NCc3cccc(C(F)(F)F)c3)Oc3cc(C)ccc32)cc1. The first-order valence-corrected chi connectivity index (χ1v) is 12.3. The average Bonchev–Trinajstić information content (AvgIpc) is 2.86. The highest BCUT2D eigenvalue weighted by Crippen LogP contribution is 2.38. The Morgan fingerprint density at radius 2 is 1.83 bits per heavy atom. The number of sulfonamides is 1. The first kappa shape index (κ1) is 25.4. The van der Waals surface area contributed by atoms with Crippen molar-refractivity contribution in [2.75, 3.05) is 18.0 Å². The van der Waals surface area contributed by atoms with Crippen LogP contribution in [0.5, 0.6) is 11.5 Å². The van der Waals surface area contributed by atoms with Crippen LogP contribution in [-0.2, 0) is 27.5 Å². The van der Waals surface area contributed by atoms with Crippen LogP contribution < -0.4 is 19.1 Å². The van der Waals surface area contributed by atoms with E-state index in [1.807, 2.05) is 0 Å². The lowest BCUT2D eigenvalue weighted by molar-refractivity contribution is -0.137. The first-order chi connectivity index (χ1) is 17.0. The minimum absolute atomic E-state index is 0.000140. The molecule has 0 aliphatic carbocycles. The van der Waals surface area contributed by atoms with Crippen LogP contribution in [0.15, 0.2) is 71.6 Å². The van der Waals surface area contributed by atoms with Crippen LogP contribution in [0.1, 0.15) is 16.7 Å². The van der Waals surface area contributed by atoms with Gasteiger partial charge in [0, 0.05) is 6.54 Å². The summed E-state index contributed by atoms with van der Waals surface area (Å²) in [5.74, 6) is 0.0332. The number of alkyl halides is 3. The van der Waals surface area contributed by atoms with Crippen molar-refractivity contribution in [2.45, 2.75) is 30.6 Å². The summed E-state index contributed by atoms with van der Waals surface area (Å²) in [6.45, 7) is 1.29. The van der Waals surface area contributed by atoms with Gasteiger partial charge in [-0.3, -0.25) is 9.10 Å².